The number of ether oxygens (including phenoxy) is 1. The average Bonchev–Trinajstić information content (AvgIpc) is 2.69. The van der Waals surface area contributed by atoms with Gasteiger partial charge in [0, 0.05) is 25.1 Å². The normalized spacial score (nSPS) is 42.3. The molecule has 0 aromatic rings. The molecule has 3 heteroatoms. The van der Waals surface area contributed by atoms with Crippen molar-refractivity contribution < 1.29 is 9.53 Å². The number of carbonyl (C=O) groups excluding carboxylic acids is 1. The monoisotopic (exact) mass is 179 g/mol. The van der Waals surface area contributed by atoms with Gasteiger partial charge in [-0.1, -0.05) is 6.08 Å². The van der Waals surface area contributed by atoms with Crippen LogP contribution in [0.5, 0.6) is 0 Å². The standard InChI is InChI=1S/C10H13NO2/c12-10-5-9-8(1-3-11(9)10)7-2-4-13-6-7/h1,3,7-9H,2,4-6H2/t7?,8?,9-/m0/s1. The minimum absolute atomic E-state index is 0.280. The van der Waals surface area contributed by atoms with Crippen LogP contribution in [0.3, 0.4) is 0 Å². The van der Waals surface area contributed by atoms with Crippen molar-refractivity contribution in [3.63, 3.8) is 0 Å². The lowest BCUT2D eigenvalue weighted by atomic mass is 9.82. The van der Waals surface area contributed by atoms with Gasteiger partial charge < -0.3 is 9.64 Å². The zero-order valence-electron chi connectivity index (χ0n) is 7.48. The van der Waals surface area contributed by atoms with Crippen LogP contribution >= 0.6 is 0 Å². The molecule has 3 atom stereocenters. The number of β-lactam (4-membered cyclic amide) rings is 1. The van der Waals surface area contributed by atoms with E-state index in [0.717, 1.165) is 26.1 Å². The molecule has 2 saturated heterocycles. The van der Waals surface area contributed by atoms with E-state index in [2.05, 4.69) is 6.08 Å². The Hall–Kier alpha value is -0.830. The summed E-state index contributed by atoms with van der Waals surface area (Å²) >= 11 is 0. The number of nitrogens with zero attached hydrogens (tertiary/aromatic N) is 1. The molecule has 0 bridgehead atoms. The average molecular weight is 179 g/mol. The second-order valence-corrected chi connectivity index (χ2v) is 4.12. The number of hydrogen-bond acceptors (Lipinski definition) is 2. The Balaban J connectivity index is 1.73. The van der Waals surface area contributed by atoms with E-state index < -0.39 is 0 Å². The van der Waals surface area contributed by atoms with E-state index in [4.69, 9.17) is 4.74 Å². The molecule has 70 valence electrons. The lowest BCUT2D eigenvalue weighted by Gasteiger charge is -2.38. The van der Waals surface area contributed by atoms with E-state index in [0.29, 0.717) is 17.9 Å². The molecule has 3 heterocycles. The molecule has 3 rings (SSSR count). The first-order valence-corrected chi connectivity index (χ1v) is 4.93. The SMILES string of the molecule is O=C1C[C@H]2C(C3CCOC3)C=CN12. The summed E-state index contributed by atoms with van der Waals surface area (Å²) in [4.78, 5) is 13.0. The zero-order valence-corrected chi connectivity index (χ0v) is 7.48. The van der Waals surface area contributed by atoms with Crippen molar-refractivity contribution in [1.82, 2.24) is 4.90 Å². The Morgan fingerprint density at radius 3 is 3.08 bits per heavy atom. The molecule has 3 aliphatic rings. The molecule has 13 heavy (non-hydrogen) atoms. The van der Waals surface area contributed by atoms with Crippen molar-refractivity contribution in [1.29, 1.82) is 0 Å². The first-order valence-electron chi connectivity index (χ1n) is 4.93. The molecule has 0 saturated carbocycles. The molecule has 0 aromatic carbocycles. The number of fused-ring (bicyclic) bond motifs is 1. The molecule has 0 aromatic heterocycles. The van der Waals surface area contributed by atoms with Gasteiger partial charge in [0.2, 0.25) is 5.91 Å². The molecule has 3 aliphatic heterocycles. The maximum Gasteiger partial charge on any atom is 0.228 e. The minimum atomic E-state index is 0.280. The summed E-state index contributed by atoms with van der Waals surface area (Å²) in [7, 11) is 0. The van der Waals surface area contributed by atoms with Crippen LogP contribution in [0.15, 0.2) is 12.3 Å². The van der Waals surface area contributed by atoms with Crippen LogP contribution in [0.25, 0.3) is 0 Å². The van der Waals surface area contributed by atoms with Gasteiger partial charge in [0.25, 0.3) is 0 Å². The number of rotatable bonds is 1. The maximum atomic E-state index is 11.1. The van der Waals surface area contributed by atoms with E-state index in [-0.39, 0.29) is 5.91 Å². The summed E-state index contributed by atoms with van der Waals surface area (Å²) in [5.74, 6) is 1.50. The molecule has 2 fully saturated rings. The Labute approximate surface area is 77.4 Å². The summed E-state index contributed by atoms with van der Waals surface area (Å²) in [6.07, 6.45) is 6.05. The van der Waals surface area contributed by atoms with Crippen LogP contribution in [0.4, 0.5) is 0 Å². The fourth-order valence-electron chi connectivity index (χ4n) is 2.62. The Morgan fingerprint density at radius 2 is 2.46 bits per heavy atom. The van der Waals surface area contributed by atoms with Crippen molar-refractivity contribution in [3.05, 3.63) is 12.3 Å². The summed E-state index contributed by atoms with van der Waals surface area (Å²) < 4.78 is 5.37. The molecule has 0 aliphatic carbocycles. The van der Waals surface area contributed by atoms with Gasteiger partial charge in [-0.15, -0.1) is 0 Å². The quantitative estimate of drug-likeness (QED) is 0.556. The summed E-state index contributed by atoms with van der Waals surface area (Å²) in [6.45, 7) is 1.78. The van der Waals surface area contributed by atoms with Gasteiger partial charge >= 0.3 is 0 Å². The number of hydrogen-bond donors (Lipinski definition) is 0. The highest BCUT2D eigenvalue weighted by Gasteiger charge is 2.46. The van der Waals surface area contributed by atoms with Gasteiger partial charge in [-0.05, 0) is 12.3 Å². The Morgan fingerprint density at radius 1 is 1.54 bits per heavy atom. The zero-order chi connectivity index (χ0) is 8.84. The minimum Gasteiger partial charge on any atom is -0.381 e. The third kappa shape index (κ3) is 0.967. The lowest BCUT2D eigenvalue weighted by Crippen LogP contribution is -2.50. The molecular weight excluding hydrogens is 166 g/mol. The fourth-order valence-corrected chi connectivity index (χ4v) is 2.62. The van der Waals surface area contributed by atoms with Gasteiger partial charge in [-0.2, -0.15) is 0 Å². The van der Waals surface area contributed by atoms with E-state index in [9.17, 15) is 4.79 Å². The molecule has 3 nitrogen and oxygen atoms in total. The highest BCUT2D eigenvalue weighted by molar-refractivity contribution is 5.85. The fraction of sp³-hybridized carbons (Fsp3) is 0.700. The highest BCUT2D eigenvalue weighted by Crippen LogP contribution is 2.39. The largest absolute Gasteiger partial charge is 0.381 e. The van der Waals surface area contributed by atoms with Crippen LogP contribution < -0.4 is 0 Å². The third-order valence-electron chi connectivity index (χ3n) is 3.45. The lowest BCUT2D eigenvalue weighted by molar-refractivity contribution is -0.142. The van der Waals surface area contributed by atoms with E-state index in [1.54, 1.807) is 0 Å². The molecular formula is C10H13NO2. The smallest absolute Gasteiger partial charge is 0.228 e. The second kappa shape index (κ2) is 2.58. The van der Waals surface area contributed by atoms with Crippen molar-refractivity contribution in [3.8, 4) is 0 Å². The Bertz CT molecular complexity index is 268. The van der Waals surface area contributed by atoms with Gasteiger partial charge in [0.05, 0.1) is 12.6 Å². The summed E-state index contributed by atoms with van der Waals surface area (Å²) in [5, 5.41) is 0. The van der Waals surface area contributed by atoms with Crippen molar-refractivity contribution in [2.75, 3.05) is 13.2 Å². The van der Waals surface area contributed by atoms with Crippen LogP contribution in [0, 0.1) is 11.8 Å². The molecule has 2 unspecified atom stereocenters. The van der Waals surface area contributed by atoms with Crippen LogP contribution in [0.2, 0.25) is 0 Å². The molecule has 0 radical (unpaired) electrons. The van der Waals surface area contributed by atoms with Crippen LogP contribution in [-0.2, 0) is 9.53 Å². The first kappa shape index (κ1) is 7.56. The second-order valence-electron chi connectivity index (χ2n) is 4.12. The molecule has 1 amide bonds. The van der Waals surface area contributed by atoms with Gasteiger partial charge in [-0.3, -0.25) is 4.79 Å². The van der Waals surface area contributed by atoms with E-state index in [1.807, 2.05) is 11.1 Å². The molecule has 0 spiro atoms. The number of carbonyl (C=O) groups is 1. The Kier molecular flexibility index (Phi) is 1.50. The van der Waals surface area contributed by atoms with Crippen LogP contribution in [0.1, 0.15) is 12.8 Å². The topological polar surface area (TPSA) is 29.5 Å². The highest BCUT2D eigenvalue weighted by atomic mass is 16.5. The number of amides is 1. The van der Waals surface area contributed by atoms with E-state index >= 15 is 0 Å². The van der Waals surface area contributed by atoms with Crippen molar-refractivity contribution in [2.45, 2.75) is 18.9 Å². The van der Waals surface area contributed by atoms with Crippen molar-refractivity contribution in [2.24, 2.45) is 11.8 Å². The first-order chi connectivity index (χ1) is 6.36. The summed E-state index contributed by atoms with van der Waals surface area (Å²) in [5.41, 5.74) is 0. The van der Waals surface area contributed by atoms with Gasteiger partial charge in [-0.25, -0.2) is 0 Å². The van der Waals surface area contributed by atoms with Crippen molar-refractivity contribution >= 4 is 5.91 Å². The predicted molar refractivity (Wildman–Crippen MR) is 46.8 cm³/mol. The van der Waals surface area contributed by atoms with E-state index in [1.165, 1.54) is 0 Å². The summed E-state index contributed by atoms with van der Waals surface area (Å²) in [6, 6.07) is 0.471. The van der Waals surface area contributed by atoms with Gasteiger partial charge in [0.1, 0.15) is 0 Å². The maximum absolute atomic E-state index is 11.1. The van der Waals surface area contributed by atoms with Crippen LogP contribution in [-0.4, -0.2) is 30.1 Å². The predicted octanol–water partition coefficient (Wildman–Crippen LogP) is 0.767. The molecule has 0 N–H and O–H groups in total. The third-order valence-corrected chi connectivity index (χ3v) is 3.45. The van der Waals surface area contributed by atoms with Gasteiger partial charge in [0.15, 0.2) is 0 Å².